The van der Waals surface area contributed by atoms with Crippen molar-refractivity contribution < 1.29 is 4.79 Å². The Kier molecular flexibility index (Phi) is 7.12. The van der Waals surface area contributed by atoms with Gasteiger partial charge in [-0.15, -0.1) is 0 Å². The minimum Gasteiger partial charge on any atom is -0.308 e. The molecule has 3 rings (SSSR count). The molecule has 1 atom stereocenters. The summed E-state index contributed by atoms with van der Waals surface area (Å²) < 4.78 is 0. The number of anilines is 2. The monoisotopic (exact) mass is 477 g/mol. The lowest BCUT2D eigenvalue weighted by molar-refractivity contribution is 0.262. The summed E-state index contributed by atoms with van der Waals surface area (Å²) in [7, 11) is 0. The average molecular weight is 479 g/mol. The maximum Gasteiger partial charge on any atom is 0.323 e. The SMILES string of the molecule is Cc1cc(C(C#N)c2ccc(Cl)cc2)c(Cl)cc1NC(=O)Nc1ccc(Cl)c(Cl)c1. The highest BCUT2D eigenvalue weighted by Gasteiger charge is 2.19. The van der Waals surface area contributed by atoms with Crippen LogP contribution < -0.4 is 10.6 Å². The number of urea groups is 1. The number of carbonyl (C=O) groups is 1. The van der Waals surface area contributed by atoms with Crippen LogP contribution in [0.3, 0.4) is 0 Å². The molecular weight excluding hydrogens is 464 g/mol. The van der Waals surface area contributed by atoms with Crippen LogP contribution in [0.1, 0.15) is 22.6 Å². The maximum absolute atomic E-state index is 12.4. The first-order valence-electron chi connectivity index (χ1n) is 8.76. The Labute approximate surface area is 194 Å². The minimum absolute atomic E-state index is 0.336. The van der Waals surface area contributed by atoms with Gasteiger partial charge in [0.05, 0.1) is 22.0 Å². The van der Waals surface area contributed by atoms with Crippen LogP contribution >= 0.6 is 46.4 Å². The summed E-state index contributed by atoms with van der Waals surface area (Å²) >= 11 is 24.2. The second kappa shape index (κ2) is 9.59. The van der Waals surface area contributed by atoms with E-state index < -0.39 is 11.9 Å². The predicted molar refractivity (Wildman–Crippen MR) is 124 cm³/mol. The zero-order chi connectivity index (χ0) is 21.8. The number of hydrogen-bond donors (Lipinski definition) is 2. The number of nitrogens with zero attached hydrogens (tertiary/aromatic N) is 1. The van der Waals surface area contributed by atoms with Gasteiger partial charge < -0.3 is 10.6 Å². The van der Waals surface area contributed by atoms with Crippen molar-refractivity contribution in [3.63, 3.8) is 0 Å². The molecular formula is C22H15Cl4N3O. The van der Waals surface area contributed by atoms with Crippen LogP contribution in [0.2, 0.25) is 20.1 Å². The van der Waals surface area contributed by atoms with E-state index in [0.717, 1.165) is 11.1 Å². The summed E-state index contributed by atoms with van der Waals surface area (Å²) in [5.41, 5.74) is 3.20. The molecule has 0 fully saturated rings. The largest absolute Gasteiger partial charge is 0.323 e. The Balaban J connectivity index is 1.81. The normalized spacial score (nSPS) is 11.5. The predicted octanol–water partition coefficient (Wildman–Crippen LogP) is 7.91. The standard InChI is InChI=1S/C22H15Cl4N3O/c1-12-8-16(17(11-27)13-2-4-14(23)5-3-13)19(25)10-21(12)29-22(30)28-15-6-7-18(24)20(26)9-15/h2-10,17H,1H3,(H2,28,29,30). The number of amides is 2. The van der Waals surface area contributed by atoms with E-state index in [2.05, 4.69) is 16.7 Å². The van der Waals surface area contributed by atoms with Gasteiger partial charge in [-0.05, 0) is 60.0 Å². The van der Waals surface area contributed by atoms with E-state index in [0.29, 0.717) is 37.0 Å². The fourth-order valence-electron chi connectivity index (χ4n) is 2.90. The lowest BCUT2D eigenvalue weighted by Crippen LogP contribution is -2.20. The van der Waals surface area contributed by atoms with Crippen molar-refractivity contribution >= 4 is 63.8 Å². The van der Waals surface area contributed by atoms with Crippen molar-refractivity contribution in [1.29, 1.82) is 5.26 Å². The summed E-state index contributed by atoms with van der Waals surface area (Å²) in [6.45, 7) is 1.82. The molecule has 0 spiro atoms. The molecule has 0 heterocycles. The number of rotatable bonds is 4. The first-order chi connectivity index (χ1) is 14.3. The molecule has 3 aromatic rings. The highest BCUT2D eigenvalue weighted by Crippen LogP contribution is 2.34. The number of benzene rings is 3. The van der Waals surface area contributed by atoms with Crippen molar-refractivity contribution in [2.75, 3.05) is 10.6 Å². The van der Waals surface area contributed by atoms with Gasteiger partial charge in [0.1, 0.15) is 0 Å². The number of nitriles is 1. The van der Waals surface area contributed by atoms with Crippen molar-refractivity contribution in [3.05, 3.63) is 91.4 Å². The highest BCUT2D eigenvalue weighted by molar-refractivity contribution is 6.42. The molecule has 3 aromatic carbocycles. The lowest BCUT2D eigenvalue weighted by Gasteiger charge is -2.16. The van der Waals surface area contributed by atoms with E-state index in [4.69, 9.17) is 46.4 Å². The van der Waals surface area contributed by atoms with Crippen LogP contribution in [-0.4, -0.2) is 6.03 Å². The number of hydrogen-bond acceptors (Lipinski definition) is 2. The van der Waals surface area contributed by atoms with E-state index in [1.807, 2.05) is 6.92 Å². The number of nitrogens with one attached hydrogen (secondary N) is 2. The van der Waals surface area contributed by atoms with E-state index >= 15 is 0 Å². The molecule has 152 valence electrons. The van der Waals surface area contributed by atoms with Gasteiger partial charge in [-0.25, -0.2) is 4.79 Å². The van der Waals surface area contributed by atoms with Crippen molar-refractivity contribution in [3.8, 4) is 6.07 Å². The van der Waals surface area contributed by atoms with Crippen LogP contribution in [-0.2, 0) is 0 Å². The summed E-state index contributed by atoms with van der Waals surface area (Å²) in [4.78, 5) is 12.4. The number of carbonyl (C=O) groups excluding carboxylic acids is 1. The Bertz CT molecular complexity index is 1140. The zero-order valence-electron chi connectivity index (χ0n) is 15.6. The molecule has 0 bridgehead atoms. The summed E-state index contributed by atoms with van der Waals surface area (Å²) in [5, 5.41) is 16.8. The van der Waals surface area contributed by atoms with Gasteiger partial charge in [0.15, 0.2) is 0 Å². The molecule has 2 N–H and O–H groups in total. The summed E-state index contributed by atoms with van der Waals surface area (Å²) in [6.07, 6.45) is 0. The van der Waals surface area contributed by atoms with Crippen LogP contribution in [0.15, 0.2) is 54.6 Å². The average Bonchev–Trinajstić information content (AvgIpc) is 2.70. The van der Waals surface area contributed by atoms with Crippen LogP contribution in [0.4, 0.5) is 16.2 Å². The van der Waals surface area contributed by atoms with E-state index in [1.165, 1.54) is 0 Å². The molecule has 2 amide bonds. The fraction of sp³-hybridized carbons (Fsp3) is 0.0909. The van der Waals surface area contributed by atoms with E-state index in [-0.39, 0.29) is 0 Å². The Morgan fingerprint density at radius 3 is 2.23 bits per heavy atom. The third-order valence-electron chi connectivity index (χ3n) is 4.41. The maximum atomic E-state index is 12.4. The van der Waals surface area contributed by atoms with Crippen LogP contribution in [0, 0.1) is 18.3 Å². The van der Waals surface area contributed by atoms with Crippen molar-refractivity contribution in [2.45, 2.75) is 12.8 Å². The minimum atomic E-state index is -0.562. The molecule has 0 aliphatic heterocycles. The molecule has 8 heteroatoms. The number of halogens is 4. The number of aryl methyl sites for hydroxylation is 1. The van der Waals surface area contributed by atoms with Crippen molar-refractivity contribution in [2.24, 2.45) is 0 Å². The van der Waals surface area contributed by atoms with Gasteiger partial charge in [-0.1, -0.05) is 64.6 Å². The highest BCUT2D eigenvalue weighted by atomic mass is 35.5. The quantitative estimate of drug-likeness (QED) is 0.400. The lowest BCUT2D eigenvalue weighted by atomic mass is 9.91. The molecule has 0 saturated carbocycles. The van der Waals surface area contributed by atoms with Gasteiger partial charge in [0, 0.05) is 21.4 Å². The van der Waals surface area contributed by atoms with Gasteiger partial charge in [-0.3, -0.25) is 0 Å². The van der Waals surface area contributed by atoms with Crippen molar-refractivity contribution in [1.82, 2.24) is 0 Å². The van der Waals surface area contributed by atoms with Gasteiger partial charge in [-0.2, -0.15) is 5.26 Å². The molecule has 0 aromatic heterocycles. The molecule has 4 nitrogen and oxygen atoms in total. The molecule has 0 aliphatic carbocycles. The zero-order valence-corrected chi connectivity index (χ0v) is 18.7. The first-order valence-corrected chi connectivity index (χ1v) is 10.3. The van der Waals surface area contributed by atoms with E-state index in [9.17, 15) is 10.1 Å². The van der Waals surface area contributed by atoms with Gasteiger partial charge in [0.25, 0.3) is 0 Å². The molecule has 0 radical (unpaired) electrons. The summed E-state index contributed by atoms with van der Waals surface area (Å²) in [5.74, 6) is -0.562. The Morgan fingerprint density at radius 2 is 1.60 bits per heavy atom. The van der Waals surface area contributed by atoms with Gasteiger partial charge in [0.2, 0.25) is 0 Å². The smallest absolute Gasteiger partial charge is 0.308 e. The Hall–Kier alpha value is -2.42. The Morgan fingerprint density at radius 1 is 0.900 bits per heavy atom. The van der Waals surface area contributed by atoms with Crippen LogP contribution in [0.5, 0.6) is 0 Å². The second-order valence-corrected chi connectivity index (χ2v) is 8.17. The molecule has 0 saturated heterocycles. The first kappa shape index (κ1) is 22.3. The second-order valence-electron chi connectivity index (χ2n) is 6.51. The molecule has 30 heavy (non-hydrogen) atoms. The van der Waals surface area contributed by atoms with Gasteiger partial charge >= 0.3 is 6.03 Å². The molecule has 0 aliphatic rings. The van der Waals surface area contributed by atoms with Crippen LogP contribution in [0.25, 0.3) is 0 Å². The fourth-order valence-corrected chi connectivity index (χ4v) is 3.59. The topological polar surface area (TPSA) is 64.9 Å². The van der Waals surface area contributed by atoms with E-state index in [1.54, 1.807) is 54.6 Å². The third kappa shape index (κ3) is 5.19. The third-order valence-corrected chi connectivity index (χ3v) is 5.73. The summed E-state index contributed by atoms with van der Waals surface area (Å²) in [6, 6.07) is 17.0. The molecule has 1 unspecified atom stereocenters.